The van der Waals surface area contributed by atoms with Crippen LogP contribution < -0.4 is 5.32 Å². The maximum Gasteiger partial charge on any atom is 0.246 e. The van der Waals surface area contributed by atoms with Crippen molar-refractivity contribution in [3.63, 3.8) is 0 Å². The largest absolute Gasteiger partial charge is 0.338 e. The Morgan fingerprint density at radius 3 is 2.84 bits per heavy atom. The number of likely N-dealkylation sites (N-methyl/N-ethyl adjacent to an activating group) is 1. The topological polar surface area (TPSA) is 32.3 Å². The normalized spacial score (nSPS) is 19.9. The Labute approximate surface area is 113 Å². The van der Waals surface area contributed by atoms with E-state index >= 15 is 0 Å². The molecule has 102 valence electrons. The van der Waals surface area contributed by atoms with E-state index in [9.17, 15) is 9.18 Å². The smallest absolute Gasteiger partial charge is 0.246 e. The first-order chi connectivity index (χ1) is 9.19. The van der Waals surface area contributed by atoms with E-state index in [2.05, 4.69) is 5.32 Å². The van der Waals surface area contributed by atoms with Crippen molar-refractivity contribution in [2.24, 2.45) is 0 Å². The molecule has 1 fully saturated rings. The predicted molar refractivity (Wildman–Crippen MR) is 74.1 cm³/mol. The van der Waals surface area contributed by atoms with Crippen molar-refractivity contribution in [2.75, 3.05) is 20.1 Å². The van der Waals surface area contributed by atoms with Crippen molar-refractivity contribution in [2.45, 2.75) is 18.9 Å². The van der Waals surface area contributed by atoms with E-state index in [4.69, 9.17) is 0 Å². The molecule has 19 heavy (non-hydrogen) atoms. The average Bonchev–Trinajstić information content (AvgIpc) is 2.46. The average molecular weight is 262 g/mol. The summed E-state index contributed by atoms with van der Waals surface area (Å²) in [5, 5.41) is 3.21. The first-order valence-corrected chi connectivity index (χ1v) is 6.59. The van der Waals surface area contributed by atoms with Gasteiger partial charge in [-0.3, -0.25) is 4.79 Å². The fourth-order valence-corrected chi connectivity index (χ4v) is 2.26. The van der Waals surface area contributed by atoms with Gasteiger partial charge in [0.2, 0.25) is 5.91 Å². The van der Waals surface area contributed by atoms with Crippen LogP contribution in [0.4, 0.5) is 4.39 Å². The van der Waals surface area contributed by atoms with E-state index in [-0.39, 0.29) is 11.7 Å². The maximum atomic E-state index is 12.8. The lowest BCUT2D eigenvalue weighted by molar-refractivity contribution is -0.127. The van der Waals surface area contributed by atoms with Gasteiger partial charge in [0, 0.05) is 25.2 Å². The molecule has 0 radical (unpaired) electrons. The SMILES string of the molecule is CN[C@H]1CCCN(C(=O)/C=C\c2ccc(F)cc2)C1. The van der Waals surface area contributed by atoms with Crippen molar-refractivity contribution in [3.05, 3.63) is 41.7 Å². The van der Waals surface area contributed by atoms with Gasteiger partial charge in [-0.25, -0.2) is 4.39 Å². The van der Waals surface area contributed by atoms with Gasteiger partial charge in [0.25, 0.3) is 0 Å². The summed E-state index contributed by atoms with van der Waals surface area (Å²) in [4.78, 5) is 13.9. The minimum absolute atomic E-state index is 0.0178. The Morgan fingerprint density at radius 1 is 1.42 bits per heavy atom. The molecule has 0 unspecified atom stereocenters. The lowest BCUT2D eigenvalue weighted by Gasteiger charge is -2.31. The van der Waals surface area contributed by atoms with Gasteiger partial charge < -0.3 is 10.2 Å². The molecule has 3 nitrogen and oxygen atoms in total. The van der Waals surface area contributed by atoms with E-state index in [0.717, 1.165) is 31.5 Å². The molecule has 1 aromatic rings. The standard InChI is InChI=1S/C15H19FN2O/c1-17-14-3-2-10-18(11-14)15(19)9-6-12-4-7-13(16)8-5-12/h4-9,14,17H,2-3,10-11H2,1H3/b9-6-/t14-/m0/s1. The molecule has 2 rings (SSSR count). The van der Waals surface area contributed by atoms with Crippen LogP contribution in [-0.4, -0.2) is 37.0 Å². The Bertz CT molecular complexity index is 456. The van der Waals surface area contributed by atoms with Crippen molar-refractivity contribution in [3.8, 4) is 0 Å². The number of nitrogens with one attached hydrogen (secondary N) is 1. The van der Waals surface area contributed by atoms with Crippen LogP contribution in [0, 0.1) is 5.82 Å². The van der Waals surface area contributed by atoms with E-state index in [1.54, 1.807) is 24.3 Å². The summed E-state index contributed by atoms with van der Waals surface area (Å²) in [6.45, 7) is 1.56. The van der Waals surface area contributed by atoms with E-state index in [1.807, 2.05) is 11.9 Å². The number of hydrogen-bond acceptors (Lipinski definition) is 2. The molecular formula is C15H19FN2O. The fourth-order valence-electron chi connectivity index (χ4n) is 2.26. The van der Waals surface area contributed by atoms with Crippen LogP contribution in [0.1, 0.15) is 18.4 Å². The summed E-state index contributed by atoms with van der Waals surface area (Å²) in [5.41, 5.74) is 0.830. The van der Waals surface area contributed by atoms with E-state index < -0.39 is 0 Å². The number of nitrogens with zero attached hydrogens (tertiary/aromatic N) is 1. The van der Waals surface area contributed by atoms with Crippen molar-refractivity contribution in [1.29, 1.82) is 0 Å². The molecule has 1 aliphatic heterocycles. The molecule has 1 atom stereocenters. The van der Waals surface area contributed by atoms with Crippen molar-refractivity contribution < 1.29 is 9.18 Å². The first kappa shape index (κ1) is 13.7. The predicted octanol–water partition coefficient (Wildman–Crippen LogP) is 2.05. The van der Waals surface area contributed by atoms with Gasteiger partial charge in [0.15, 0.2) is 0 Å². The summed E-state index contributed by atoms with van der Waals surface area (Å²) < 4.78 is 12.8. The number of rotatable bonds is 3. The number of halogens is 1. The summed E-state index contributed by atoms with van der Waals surface area (Å²) in [5.74, 6) is -0.249. The number of amides is 1. The molecule has 1 aliphatic rings. The first-order valence-electron chi connectivity index (χ1n) is 6.59. The zero-order chi connectivity index (χ0) is 13.7. The fraction of sp³-hybridized carbons (Fsp3) is 0.400. The zero-order valence-electron chi connectivity index (χ0n) is 11.1. The highest BCUT2D eigenvalue weighted by Crippen LogP contribution is 2.11. The number of hydrogen-bond donors (Lipinski definition) is 1. The van der Waals surface area contributed by atoms with Crippen molar-refractivity contribution >= 4 is 12.0 Å². The number of benzene rings is 1. The summed E-state index contributed by atoms with van der Waals surface area (Å²) in [6, 6.07) is 6.48. The van der Waals surface area contributed by atoms with Crippen LogP contribution in [0.2, 0.25) is 0 Å². The van der Waals surface area contributed by atoms with E-state index in [1.165, 1.54) is 12.1 Å². The van der Waals surface area contributed by atoms with Crippen LogP contribution in [0.3, 0.4) is 0 Å². The molecule has 0 saturated carbocycles. The highest BCUT2D eigenvalue weighted by Gasteiger charge is 2.20. The molecule has 0 aromatic heterocycles. The third-order valence-corrected chi connectivity index (χ3v) is 3.43. The number of likely N-dealkylation sites (tertiary alicyclic amines) is 1. The minimum atomic E-state index is -0.267. The second-order valence-corrected chi connectivity index (χ2v) is 4.80. The van der Waals surface area contributed by atoms with Crippen LogP contribution in [0.5, 0.6) is 0 Å². The lowest BCUT2D eigenvalue weighted by Crippen LogP contribution is -2.46. The Kier molecular flexibility index (Phi) is 4.68. The minimum Gasteiger partial charge on any atom is -0.338 e. The molecule has 0 spiro atoms. The van der Waals surface area contributed by atoms with E-state index in [0.29, 0.717) is 6.04 Å². The molecule has 1 saturated heterocycles. The Balaban J connectivity index is 1.94. The van der Waals surface area contributed by atoms with Crippen LogP contribution in [0.15, 0.2) is 30.3 Å². The molecule has 0 bridgehead atoms. The summed E-state index contributed by atoms with van der Waals surface area (Å²) in [6.07, 6.45) is 5.43. The van der Waals surface area contributed by atoms with Gasteiger partial charge in [0.1, 0.15) is 5.82 Å². The molecule has 0 aliphatic carbocycles. The van der Waals surface area contributed by atoms with Crippen molar-refractivity contribution in [1.82, 2.24) is 10.2 Å². The molecule has 1 N–H and O–H groups in total. The Morgan fingerprint density at radius 2 is 2.16 bits per heavy atom. The van der Waals surface area contributed by atoms with Crippen LogP contribution in [0.25, 0.3) is 6.08 Å². The molecular weight excluding hydrogens is 243 g/mol. The van der Waals surface area contributed by atoms with Crippen LogP contribution >= 0.6 is 0 Å². The highest BCUT2D eigenvalue weighted by molar-refractivity contribution is 5.91. The van der Waals surface area contributed by atoms with Gasteiger partial charge in [-0.2, -0.15) is 0 Å². The third-order valence-electron chi connectivity index (χ3n) is 3.43. The van der Waals surface area contributed by atoms with Gasteiger partial charge in [0.05, 0.1) is 0 Å². The van der Waals surface area contributed by atoms with Crippen LogP contribution in [-0.2, 0) is 4.79 Å². The quantitative estimate of drug-likeness (QED) is 0.846. The Hall–Kier alpha value is -1.68. The summed E-state index contributed by atoms with van der Waals surface area (Å²) >= 11 is 0. The third kappa shape index (κ3) is 3.89. The van der Waals surface area contributed by atoms with Gasteiger partial charge in [-0.05, 0) is 43.7 Å². The maximum absolute atomic E-state index is 12.8. The van der Waals surface area contributed by atoms with Gasteiger partial charge in [-0.15, -0.1) is 0 Å². The molecule has 1 amide bonds. The monoisotopic (exact) mass is 262 g/mol. The highest BCUT2D eigenvalue weighted by atomic mass is 19.1. The van der Waals surface area contributed by atoms with Gasteiger partial charge in [-0.1, -0.05) is 12.1 Å². The number of carbonyl (C=O) groups excluding carboxylic acids is 1. The number of carbonyl (C=O) groups is 1. The number of piperidine rings is 1. The molecule has 4 heteroatoms. The summed E-state index contributed by atoms with van der Waals surface area (Å²) in [7, 11) is 1.92. The van der Waals surface area contributed by atoms with Gasteiger partial charge >= 0.3 is 0 Å². The zero-order valence-corrected chi connectivity index (χ0v) is 11.1. The second-order valence-electron chi connectivity index (χ2n) is 4.80. The molecule has 1 aromatic carbocycles. The molecule has 1 heterocycles. The lowest BCUT2D eigenvalue weighted by atomic mass is 10.1. The second kappa shape index (κ2) is 6.48.